The number of nitrogens with one attached hydrogen (secondary N) is 1. The number of halogens is 1. The summed E-state index contributed by atoms with van der Waals surface area (Å²) < 4.78 is 14.7. The van der Waals surface area contributed by atoms with E-state index in [1.165, 1.54) is 22.8 Å². The Balaban J connectivity index is 2.37. The molecule has 3 aromatic rings. The summed E-state index contributed by atoms with van der Waals surface area (Å²) in [5.74, 6) is -1.12. The van der Waals surface area contributed by atoms with Gasteiger partial charge in [-0.25, -0.2) is 19.2 Å². The lowest BCUT2D eigenvalue weighted by atomic mass is 10.2. The molecule has 0 saturated carbocycles. The minimum atomic E-state index is -0.797. The second-order valence-corrected chi connectivity index (χ2v) is 4.64. The monoisotopic (exact) mass is 301 g/mol. The second kappa shape index (κ2) is 5.06. The number of aryl methyl sites for hydroxylation is 1. The maximum Gasteiger partial charge on any atom is 0.327 e. The number of nitrogens with zero attached hydrogens (tertiary/aromatic N) is 3. The van der Waals surface area contributed by atoms with E-state index >= 15 is 0 Å². The van der Waals surface area contributed by atoms with Gasteiger partial charge in [-0.3, -0.25) is 9.36 Å². The van der Waals surface area contributed by atoms with Crippen molar-refractivity contribution in [1.29, 1.82) is 0 Å². The molecule has 0 radical (unpaired) electrons. The lowest BCUT2D eigenvalue weighted by Gasteiger charge is -2.05. The van der Waals surface area contributed by atoms with E-state index in [2.05, 4.69) is 15.0 Å². The predicted molar refractivity (Wildman–Crippen MR) is 77.7 cm³/mol. The van der Waals surface area contributed by atoms with E-state index in [0.717, 1.165) is 0 Å². The quantitative estimate of drug-likeness (QED) is 0.753. The zero-order chi connectivity index (χ0) is 15.9. The first-order valence-corrected chi connectivity index (χ1v) is 6.57. The van der Waals surface area contributed by atoms with E-state index < -0.39 is 17.4 Å². The molecule has 3 rings (SSSR count). The lowest BCUT2D eigenvalue weighted by molar-refractivity contribution is 0.0997. The first-order chi connectivity index (χ1) is 10.5. The average molecular weight is 301 g/mol. The van der Waals surface area contributed by atoms with Gasteiger partial charge in [-0.2, -0.15) is 0 Å². The highest BCUT2D eigenvalue weighted by atomic mass is 19.1. The number of carbonyl (C=O) groups is 1. The standard InChI is InChI=1S/C14H12FN5O2/c1-2-20-13-10(18-14(20)22)9(11(16)21)17-12(19-13)7-4-3-5-8(15)6-7/h3-6H,2H2,1H3,(H2,16,21)(H,18,22). The summed E-state index contributed by atoms with van der Waals surface area (Å²) in [7, 11) is 0. The smallest absolute Gasteiger partial charge is 0.327 e. The second-order valence-electron chi connectivity index (χ2n) is 4.64. The van der Waals surface area contributed by atoms with Gasteiger partial charge in [-0.05, 0) is 19.1 Å². The summed E-state index contributed by atoms with van der Waals surface area (Å²) in [6.07, 6.45) is 0. The number of amides is 1. The molecule has 1 amide bonds. The maximum atomic E-state index is 13.4. The number of fused-ring (bicyclic) bond motifs is 1. The molecular formula is C14H12FN5O2. The summed E-state index contributed by atoms with van der Waals surface area (Å²) in [4.78, 5) is 34.3. The summed E-state index contributed by atoms with van der Waals surface area (Å²) in [5.41, 5.74) is 5.64. The Labute approximate surface area is 123 Å². The van der Waals surface area contributed by atoms with E-state index in [0.29, 0.717) is 12.1 Å². The van der Waals surface area contributed by atoms with Crippen molar-refractivity contribution in [3.05, 3.63) is 46.3 Å². The Bertz CT molecular complexity index is 944. The van der Waals surface area contributed by atoms with E-state index in [4.69, 9.17) is 5.73 Å². The predicted octanol–water partition coefficient (Wildman–Crippen LogP) is 1.04. The van der Waals surface area contributed by atoms with E-state index in [1.54, 1.807) is 13.0 Å². The van der Waals surface area contributed by atoms with Crippen molar-refractivity contribution < 1.29 is 9.18 Å². The molecule has 0 aliphatic heterocycles. The molecule has 22 heavy (non-hydrogen) atoms. The minimum absolute atomic E-state index is 0.103. The number of primary amides is 1. The number of rotatable bonds is 3. The number of hydrogen-bond donors (Lipinski definition) is 2. The van der Waals surface area contributed by atoms with Crippen molar-refractivity contribution >= 4 is 17.1 Å². The third kappa shape index (κ3) is 2.14. The SMILES string of the molecule is CCn1c(=O)[nH]c2c(C(N)=O)nc(-c3cccc(F)c3)nc21. The van der Waals surface area contributed by atoms with Gasteiger partial charge >= 0.3 is 5.69 Å². The zero-order valence-electron chi connectivity index (χ0n) is 11.6. The van der Waals surface area contributed by atoms with Gasteiger partial charge in [0, 0.05) is 12.1 Å². The molecule has 8 heteroatoms. The highest BCUT2D eigenvalue weighted by Crippen LogP contribution is 2.20. The number of nitrogens with two attached hydrogens (primary N) is 1. The first-order valence-electron chi connectivity index (χ1n) is 6.57. The Kier molecular flexibility index (Phi) is 3.21. The van der Waals surface area contributed by atoms with Crippen LogP contribution in [0.15, 0.2) is 29.1 Å². The third-order valence-corrected chi connectivity index (χ3v) is 3.26. The fraction of sp³-hybridized carbons (Fsp3) is 0.143. The molecule has 1 aromatic carbocycles. The number of aromatic nitrogens is 4. The number of H-pyrrole nitrogens is 1. The minimum Gasteiger partial charge on any atom is -0.364 e. The van der Waals surface area contributed by atoms with Gasteiger partial charge in [0.2, 0.25) is 0 Å². The van der Waals surface area contributed by atoms with Crippen LogP contribution in [0.3, 0.4) is 0 Å². The number of carbonyl (C=O) groups excluding carboxylic acids is 1. The molecule has 0 saturated heterocycles. The molecule has 2 heterocycles. The number of aromatic amines is 1. The van der Waals surface area contributed by atoms with Crippen LogP contribution in [-0.4, -0.2) is 25.4 Å². The van der Waals surface area contributed by atoms with Crippen LogP contribution >= 0.6 is 0 Å². The third-order valence-electron chi connectivity index (χ3n) is 3.26. The highest BCUT2D eigenvalue weighted by Gasteiger charge is 2.18. The fourth-order valence-corrected chi connectivity index (χ4v) is 2.26. The molecular weight excluding hydrogens is 289 g/mol. The van der Waals surface area contributed by atoms with Gasteiger partial charge in [0.25, 0.3) is 5.91 Å². The van der Waals surface area contributed by atoms with Gasteiger partial charge < -0.3 is 10.7 Å². The van der Waals surface area contributed by atoms with Crippen LogP contribution in [-0.2, 0) is 6.54 Å². The van der Waals surface area contributed by atoms with Crippen molar-refractivity contribution in [1.82, 2.24) is 19.5 Å². The maximum absolute atomic E-state index is 13.4. The number of benzene rings is 1. The molecule has 0 aliphatic rings. The van der Waals surface area contributed by atoms with Gasteiger partial charge in [-0.1, -0.05) is 12.1 Å². The fourth-order valence-electron chi connectivity index (χ4n) is 2.26. The normalized spacial score (nSPS) is 11.0. The molecule has 0 fully saturated rings. The van der Waals surface area contributed by atoms with E-state index in [-0.39, 0.29) is 22.7 Å². The van der Waals surface area contributed by atoms with E-state index in [9.17, 15) is 14.0 Å². The van der Waals surface area contributed by atoms with Gasteiger partial charge in [0.15, 0.2) is 17.2 Å². The largest absolute Gasteiger partial charge is 0.364 e. The molecule has 7 nitrogen and oxygen atoms in total. The molecule has 0 bridgehead atoms. The first kappa shape index (κ1) is 13.9. The van der Waals surface area contributed by atoms with E-state index in [1.807, 2.05) is 0 Å². The Morgan fingerprint density at radius 1 is 1.41 bits per heavy atom. The Morgan fingerprint density at radius 2 is 2.18 bits per heavy atom. The van der Waals surface area contributed by atoms with Crippen LogP contribution in [0.4, 0.5) is 4.39 Å². The van der Waals surface area contributed by atoms with Crippen molar-refractivity contribution in [2.45, 2.75) is 13.5 Å². The highest BCUT2D eigenvalue weighted by molar-refractivity contribution is 6.01. The number of imidazole rings is 1. The molecule has 0 atom stereocenters. The Morgan fingerprint density at radius 3 is 2.82 bits per heavy atom. The van der Waals surface area contributed by atoms with Crippen LogP contribution in [0.1, 0.15) is 17.4 Å². The lowest BCUT2D eigenvalue weighted by Crippen LogP contribution is -2.15. The molecule has 3 N–H and O–H groups in total. The van der Waals surface area contributed by atoms with Gasteiger partial charge in [-0.15, -0.1) is 0 Å². The van der Waals surface area contributed by atoms with Crippen molar-refractivity contribution in [3.8, 4) is 11.4 Å². The zero-order valence-corrected chi connectivity index (χ0v) is 11.6. The van der Waals surface area contributed by atoms with Crippen LogP contribution in [0, 0.1) is 5.82 Å². The average Bonchev–Trinajstić information content (AvgIpc) is 2.81. The van der Waals surface area contributed by atoms with Gasteiger partial charge in [0.05, 0.1) is 0 Å². The molecule has 2 aromatic heterocycles. The number of hydrogen-bond acceptors (Lipinski definition) is 4. The molecule has 0 spiro atoms. The van der Waals surface area contributed by atoms with Crippen molar-refractivity contribution in [2.24, 2.45) is 5.73 Å². The molecule has 0 aliphatic carbocycles. The summed E-state index contributed by atoms with van der Waals surface area (Å²) >= 11 is 0. The summed E-state index contributed by atoms with van der Waals surface area (Å²) in [6.45, 7) is 2.12. The van der Waals surface area contributed by atoms with Crippen LogP contribution in [0.25, 0.3) is 22.6 Å². The van der Waals surface area contributed by atoms with Crippen LogP contribution < -0.4 is 11.4 Å². The van der Waals surface area contributed by atoms with Gasteiger partial charge in [0.1, 0.15) is 11.3 Å². The topological polar surface area (TPSA) is 107 Å². The molecule has 112 valence electrons. The molecule has 0 unspecified atom stereocenters. The van der Waals surface area contributed by atoms with Crippen LogP contribution in [0.2, 0.25) is 0 Å². The summed E-state index contributed by atoms with van der Waals surface area (Å²) in [6, 6.07) is 5.64. The van der Waals surface area contributed by atoms with Crippen molar-refractivity contribution in [2.75, 3.05) is 0 Å². The van der Waals surface area contributed by atoms with Crippen molar-refractivity contribution in [3.63, 3.8) is 0 Å². The van der Waals surface area contributed by atoms with Crippen LogP contribution in [0.5, 0.6) is 0 Å². The summed E-state index contributed by atoms with van der Waals surface area (Å²) in [5, 5.41) is 0. The Hall–Kier alpha value is -3.03.